The number of nitrogens with zero attached hydrogens (tertiary/aromatic N) is 4. The summed E-state index contributed by atoms with van der Waals surface area (Å²) in [5.74, 6) is 0.643. The van der Waals surface area contributed by atoms with Crippen LogP contribution in [0.2, 0.25) is 0 Å². The van der Waals surface area contributed by atoms with Crippen molar-refractivity contribution in [3.05, 3.63) is 36.4 Å². The van der Waals surface area contributed by atoms with Gasteiger partial charge < -0.3 is 19.5 Å². The van der Waals surface area contributed by atoms with Crippen LogP contribution in [0, 0.1) is 0 Å². The topological polar surface area (TPSA) is 119 Å². The van der Waals surface area contributed by atoms with E-state index >= 15 is 0 Å². The molecule has 1 saturated heterocycles. The van der Waals surface area contributed by atoms with Crippen LogP contribution < -0.4 is 15.5 Å². The first-order chi connectivity index (χ1) is 13.0. The van der Waals surface area contributed by atoms with E-state index in [-0.39, 0.29) is 0 Å². The fourth-order valence-electron chi connectivity index (χ4n) is 2.91. The Kier molecular flexibility index (Phi) is 4.24. The van der Waals surface area contributed by atoms with Crippen LogP contribution in [0.1, 0.15) is 11.8 Å². The van der Waals surface area contributed by atoms with Gasteiger partial charge in [-0.15, -0.1) is 0 Å². The molecule has 1 unspecified atom stereocenters. The zero-order valence-corrected chi connectivity index (χ0v) is 14.9. The van der Waals surface area contributed by atoms with Gasteiger partial charge in [-0.3, -0.25) is 15.2 Å². The van der Waals surface area contributed by atoms with Crippen molar-refractivity contribution >= 4 is 34.5 Å². The van der Waals surface area contributed by atoms with Gasteiger partial charge >= 0.3 is 6.03 Å². The fraction of sp³-hybridized carbons (Fsp3) is 0.294. The van der Waals surface area contributed by atoms with Crippen molar-refractivity contribution < 1.29 is 14.0 Å². The number of carbonyl (C=O) groups is 2. The van der Waals surface area contributed by atoms with E-state index in [2.05, 4.69) is 30.7 Å². The van der Waals surface area contributed by atoms with Crippen molar-refractivity contribution in [1.82, 2.24) is 30.7 Å². The van der Waals surface area contributed by atoms with Gasteiger partial charge in [-0.1, -0.05) is 0 Å². The molecule has 3 aromatic rings. The number of imide groups is 1. The van der Waals surface area contributed by atoms with Gasteiger partial charge in [-0.05, 0) is 26.2 Å². The van der Waals surface area contributed by atoms with Gasteiger partial charge in [0.05, 0.1) is 11.9 Å². The Morgan fingerprint density at radius 2 is 2.07 bits per heavy atom. The van der Waals surface area contributed by atoms with E-state index in [9.17, 15) is 9.59 Å². The lowest BCUT2D eigenvalue weighted by molar-refractivity contribution is -0.120. The lowest BCUT2D eigenvalue weighted by Gasteiger charge is -2.23. The van der Waals surface area contributed by atoms with Crippen LogP contribution in [0.25, 0.3) is 11.1 Å². The van der Waals surface area contributed by atoms with Gasteiger partial charge in [-0.25, -0.2) is 9.78 Å². The molecule has 10 nitrogen and oxygen atoms in total. The highest BCUT2D eigenvalue weighted by Gasteiger charge is 2.33. The second-order valence-electron chi connectivity index (χ2n) is 6.51. The first-order valence-electron chi connectivity index (χ1n) is 8.44. The summed E-state index contributed by atoms with van der Waals surface area (Å²) in [4.78, 5) is 32.0. The van der Waals surface area contributed by atoms with E-state index in [1.54, 1.807) is 24.5 Å². The number of carbonyl (C=O) groups excluding carboxylic acids is 2. The maximum absolute atomic E-state index is 11.8. The van der Waals surface area contributed by atoms with E-state index in [1.165, 1.54) is 0 Å². The SMILES string of the molecule is CN(C)CCN(c1cn[nH]c1)c1ccc2oc(C3NC(=O)NC3=O)cc2n1. The van der Waals surface area contributed by atoms with Crippen LogP contribution in [-0.4, -0.2) is 59.2 Å². The molecule has 0 spiro atoms. The largest absolute Gasteiger partial charge is 0.457 e. The molecule has 1 fully saturated rings. The molecule has 0 aromatic carbocycles. The number of hydrogen-bond acceptors (Lipinski definition) is 7. The number of likely N-dealkylation sites (N-methyl/N-ethyl adjacent to an activating group) is 1. The zero-order chi connectivity index (χ0) is 19.0. The molecule has 3 N–H and O–H groups in total. The molecule has 10 heteroatoms. The van der Waals surface area contributed by atoms with Crippen molar-refractivity contribution in [2.45, 2.75) is 6.04 Å². The number of anilines is 2. The second kappa shape index (κ2) is 6.72. The van der Waals surface area contributed by atoms with Crippen LogP contribution in [0.4, 0.5) is 16.3 Å². The molecule has 1 atom stereocenters. The van der Waals surface area contributed by atoms with Crippen LogP contribution >= 0.6 is 0 Å². The summed E-state index contributed by atoms with van der Waals surface area (Å²) >= 11 is 0. The fourth-order valence-corrected chi connectivity index (χ4v) is 2.91. The minimum atomic E-state index is -0.839. The average molecular weight is 369 g/mol. The number of rotatable bonds is 6. The van der Waals surface area contributed by atoms with Crippen molar-refractivity contribution in [3.8, 4) is 0 Å². The Labute approximate surface area is 154 Å². The van der Waals surface area contributed by atoms with Crippen LogP contribution in [0.5, 0.6) is 0 Å². The average Bonchev–Trinajstić information content (AvgIpc) is 3.34. The number of aromatic nitrogens is 3. The molecule has 3 amide bonds. The number of fused-ring (bicyclic) bond motifs is 1. The summed E-state index contributed by atoms with van der Waals surface area (Å²) in [5, 5.41) is 11.6. The van der Waals surface area contributed by atoms with Gasteiger partial charge in [0.1, 0.15) is 17.1 Å². The minimum absolute atomic E-state index is 0.348. The first-order valence-corrected chi connectivity index (χ1v) is 8.44. The molecule has 4 rings (SSSR count). The highest BCUT2D eigenvalue weighted by molar-refractivity contribution is 6.04. The molecular weight excluding hydrogens is 350 g/mol. The Morgan fingerprint density at radius 3 is 2.74 bits per heavy atom. The van der Waals surface area contributed by atoms with Gasteiger partial charge in [0.25, 0.3) is 5.91 Å². The van der Waals surface area contributed by atoms with Crippen LogP contribution in [-0.2, 0) is 4.79 Å². The monoisotopic (exact) mass is 369 g/mol. The predicted molar refractivity (Wildman–Crippen MR) is 97.6 cm³/mol. The number of furan rings is 1. The van der Waals surface area contributed by atoms with E-state index in [0.717, 1.165) is 24.6 Å². The van der Waals surface area contributed by atoms with Crippen molar-refractivity contribution in [2.75, 3.05) is 32.1 Å². The van der Waals surface area contributed by atoms with Crippen molar-refractivity contribution in [1.29, 1.82) is 0 Å². The molecule has 1 aliphatic heterocycles. The molecule has 3 aromatic heterocycles. The first kappa shape index (κ1) is 17.0. The minimum Gasteiger partial charge on any atom is -0.457 e. The molecular formula is C17H19N7O3. The lowest BCUT2D eigenvalue weighted by atomic mass is 10.2. The Bertz CT molecular complexity index is 980. The number of amides is 3. The Balaban J connectivity index is 1.67. The second-order valence-corrected chi connectivity index (χ2v) is 6.51. The molecule has 0 bridgehead atoms. The van der Waals surface area contributed by atoms with E-state index < -0.39 is 18.0 Å². The number of aromatic amines is 1. The molecule has 140 valence electrons. The highest BCUT2D eigenvalue weighted by atomic mass is 16.3. The standard InChI is InChI=1S/C17H19N7O3/c1-23(2)5-6-24(10-8-18-19-9-10)14-4-3-12-11(20-14)7-13(27-12)15-16(25)22-17(26)21-15/h3-4,7-9,15H,5-6H2,1-2H3,(H,18,19)(H2,21,22,25,26). The van der Waals surface area contributed by atoms with E-state index in [1.807, 2.05) is 25.1 Å². The van der Waals surface area contributed by atoms with E-state index in [0.29, 0.717) is 16.9 Å². The highest BCUT2D eigenvalue weighted by Crippen LogP contribution is 2.29. The van der Waals surface area contributed by atoms with Gasteiger partial charge in [-0.2, -0.15) is 5.10 Å². The summed E-state index contributed by atoms with van der Waals surface area (Å²) in [6.45, 7) is 1.55. The maximum atomic E-state index is 11.8. The summed E-state index contributed by atoms with van der Waals surface area (Å²) in [5.41, 5.74) is 2.05. The van der Waals surface area contributed by atoms with Gasteiger partial charge in [0, 0.05) is 25.4 Å². The lowest BCUT2D eigenvalue weighted by Crippen LogP contribution is -2.28. The Morgan fingerprint density at radius 1 is 1.22 bits per heavy atom. The number of pyridine rings is 1. The Hall–Kier alpha value is -3.40. The third-order valence-corrected chi connectivity index (χ3v) is 4.28. The number of H-pyrrole nitrogens is 1. The number of hydrogen-bond donors (Lipinski definition) is 3. The molecule has 0 saturated carbocycles. The summed E-state index contributed by atoms with van der Waals surface area (Å²) in [7, 11) is 4.01. The molecule has 1 aliphatic rings. The van der Waals surface area contributed by atoms with Gasteiger partial charge in [0.2, 0.25) is 0 Å². The van der Waals surface area contributed by atoms with Crippen molar-refractivity contribution in [3.63, 3.8) is 0 Å². The molecule has 27 heavy (non-hydrogen) atoms. The van der Waals surface area contributed by atoms with Crippen LogP contribution in [0.15, 0.2) is 35.0 Å². The van der Waals surface area contributed by atoms with Gasteiger partial charge in [0.15, 0.2) is 11.6 Å². The summed E-state index contributed by atoms with van der Waals surface area (Å²) in [6.07, 6.45) is 3.54. The zero-order valence-electron chi connectivity index (χ0n) is 14.9. The number of nitrogens with one attached hydrogen (secondary N) is 3. The quantitative estimate of drug-likeness (QED) is 0.557. The molecule has 0 aliphatic carbocycles. The summed E-state index contributed by atoms with van der Waals surface area (Å²) in [6, 6.07) is 3.96. The third kappa shape index (κ3) is 3.34. The number of urea groups is 1. The smallest absolute Gasteiger partial charge is 0.322 e. The summed E-state index contributed by atoms with van der Waals surface area (Å²) < 4.78 is 5.71. The third-order valence-electron chi connectivity index (χ3n) is 4.28. The van der Waals surface area contributed by atoms with E-state index in [4.69, 9.17) is 4.42 Å². The predicted octanol–water partition coefficient (Wildman–Crippen LogP) is 1.13. The van der Waals surface area contributed by atoms with Crippen LogP contribution in [0.3, 0.4) is 0 Å². The molecule has 4 heterocycles. The normalized spacial score (nSPS) is 16.8. The van der Waals surface area contributed by atoms with Crippen molar-refractivity contribution in [2.24, 2.45) is 0 Å². The maximum Gasteiger partial charge on any atom is 0.322 e. The molecule has 0 radical (unpaired) electrons.